The summed E-state index contributed by atoms with van der Waals surface area (Å²) in [5.74, 6) is 0.374. The van der Waals surface area contributed by atoms with Crippen LogP contribution in [0.5, 0.6) is 0 Å². The second-order valence-corrected chi connectivity index (χ2v) is 4.84. The molecule has 88 valence electrons. The van der Waals surface area contributed by atoms with Crippen molar-refractivity contribution < 1.29 is 4.39 Å². The molecule has 16 heavy (non-hydrogen) atoms. The summed E-state index contributed by atoms with van der Waals surface area (Å²) < 4.78 is 13.6. The highest BCUT2D eigenvalue weighted by molar-refractivity contribution is 6.31. The normalized spacial score (nSPS) is 21.6. The van der Waals surface area contributed by atoms with E-state index in [0.29, 0.717) is 29.1 Å². The van der Waals surface area contributed by atoms with E-state index in [1.165, 1.54) is 6.07 Å². The first-order valence-electron chi connectivity index (χ1n) is 5.45. The molecule has 1 saturated heterocycles. The summed E-state index contributed by atoms with van der Waals surface area (Å²) in [6.45, 7) is 1.53. The minimum atomic E-state index is -0.229. The molecule has 1 nitrogen and oxygen atoms in total. The molecule has 0 aromatic heterocycles. The van der Waals surface area contributed by atoms with Crippen LogP contribution < -0.4 is 0 Å². The molecular weight excluding hydrogens is 248 g/mol. The number of nitrogens with zero attached hydrogens (tertiary/aromatic N) is 1. The highest BCUT2D eigenvalue weighted by atomic mass is 35.5. The van der Waals surface area contributed by atoms with Crippen molar-refractivity contribution in [3.05, 3.63) is 34.6 Å². The average molecular weight is 262 g/mol. The first-order chi connectivity index (χ1) is 7.72. The van der Waals surface area contributed by atoms with Gasteiger partial charge in [-0.05, 0) is 31.5 Å². The average Bonchev–Trinajstić information content (AvgIpc) is 2.71. The molecule has 1 aromatic rings. The topological polar surface area (TPSA) is 3.24 Å². The quantitative estimate of drug-likeness (QED) is 0.751. The monoisotopic (exact) mass is 261 g/mol. The molecular formula is C12H14Cl2FN. The van der Waals surface area contributed by atoms with Crippen molar-refractivity contribution in [2.45, 2.75) is 25.4 Å². The van der Waals surface area contributed by atoms with Gasteiger partial charge in [0, 0.05) is 29.1 Å². The molecule has 0 spiro atoms. The third-order valence-corrected chi connectivity index (χ3v) is 3.81. The summed E-state index contributed by atoms with van der Waals surface area (Å²) in [5.41, 5.74) is 0.584. The van der Waals surface area contributed by atoms with E-state index in [9.17, 15) is 4.39 Å². The van der Waals surface area contributed by atoms with E-state index in [4.69, 9.17) is 23.2 Å². The summed E-state index contributed by atoms with van der Waals surface area (Å²) in [7, 11) is 0. The van der Waals surface area contributed by atoms with Gasteiger partial charge in [-0.15, -0.1) is 11.6 Å². The Bertz CT molecular complexity index is 350. The van der Waals surface area contributed by atoms with Crippen LogP contribution in [0.25, 0.3) is 0 Å². The number of hydrogen-bond donors (Lipinski definition) is 0. The number of hydrogen-bond acceptors (Lipinski definition) is 1. The minimum absolute atomic E-state index is 0.229. The van der Waals surface area contributed by atoms with Gasteiger partial charge in [-0.2, -0.15) is 0 Å². The Balaban J connectivity index is 2.14. The lowest BCUT2D eigenvalue weighted by molar-refractivity contribution is 0.259. The lowest BCUT2D eigenvalue weighted by Crippen LogP contribution is -2.30. The molecule has 4 heteroatoms. The number of rotatable bonds is 3. The SMILES string of the molecule is Fc1cccc(Cl)c1CN1CCCC1CCl. The predicted molar refractivity (Wildman–Crippen MR) is 65.6 cm³/mol. The van der Waals surface area contributed by atoms with Gasteiger partial charge in [0.25, 0.3) is 0 Å². The molecule has 1 heterocycles. The maximum Gasteiger partial charge on any atom is 0.129 e. The standard InChI is InChI=1S/C12H14Cl2FN/c13-7-9-3-2-6-16(9)8-10-11(14)4-1-5-12(10)15/h1,4-5,9H,2-3,6-8H2. The first kappa shape index (κ1) is 12.2. The smallest absolute Gasteiger partial charge is 0.129 e. The Kier molecular flexibility index (Phi) is 4.06. The summed E-state index contributed by atoms with van der Waals surface area (Å²) in [4.78, 5) is 2.21. The van der Waals surface area contributed by atoms with E-state index in [1.807, 2.05) is 0 Å². The summed E-state index contributed by atoms with van der Waals surface area (Å²) >= 11 is 11.9. The van der Waals surface area contributed by atoms with Gasteiger partial charge in [-0.1, -0.05) is 17.7 Å². The molecule has 1 aliphatic heterocycles. The van der Waals surface area contributed by atoms with Crippen LogP contribution in [-0.4, -0.2) is 23.4 Å². The van der Waals surface area contributed by atoms with Crippen molar-refractivity contribution in [1.82, 2.24) is 4.90 Å². The molecule has 0 saturated carbocycles. The van der Waals surface area contributed by atoms with Crippen molar-refractivity contribution in [3.8, 4) is 0 Å². The van der Waals surface area contributed by atoms with E-state index in [-0.39, 0.29) is 5.82 Å². The van der Waals surface area contributed by atoms with Crippen LogP contribution in [-0.2, 0) is 6.54 Å². The number of alkyl halides is 1. The fraction of sp³-hybridized carbons (Fsp3) is 0.500. The van der Waals surface area contributed by atoms with Crippen molar-refractivity contribution in [2.24, 2.45) is 0 Å². The van der Waals surface area contributed by atoms with Crippen molar-refractivity contribution in [3.63, 3.8) is 0 Å². The lowest BCUT2D eigenvalue weighted by atomic mass is 10.2. The van der Waals surface area contributed by atoms with Crippen molar-refractivity contribution >= 4 is 23.2 Å². The molecule has 0 aliphatic carbocycles. The van der Waals surface area contributed by atoms with Gasteiger partial charge in [0.15, 0.2) is 0 Å². The van der Waals surface area contributed by atoms with Crippen LogP contribution in [0.15, 0.2) is 18.2 Å². The zero-order valence-electron chi connectivity index (χ0n) is 8.93. The molecule has 1 aliphatic rings. The zero-order chi connectivity index (χ0) is 11.5. The van der Waals surface area contributed by atoms with Crippen LogP contribution >= 0.6 is 23.2 Å². The summed E-state index contributed by atoms with van der Waals surface area (Å²) in [6.07, 6.45) is 2.22. The number of halogens is 3. The second kappa shape index (κ2) is 5.35. The molecule has 1 atom stereocenters. The van der Waals surface area contributed by atoms with Crippen molar-refractivity contribution in [1.29, 1.82) is 0 Å². The Labute approximate surface area is 105 Å². The third kappa shape index (κ3) is 2.50. The van der Waals surface area contributed by atoms with Gasteiger partial charge in [-0.25, -0.2) is 4.39 Å². The van der Waals surface area contributed by atoms with E-state index < -0.39 is 0 Å². The van der Waals surface area contributed by atoms with Gasteiger partial charge in [0.05, 0.1) is 0 Å². The van der Waals surface area contributed by atoms with E-state index in [1.54, 1.807) is 12.1 Å². The molecule has 1 aromatic carbocycles. The molecule has 2 rings (SSSR count). The van der Waals surface area contributed by atoms with E-state index in [2.05, 4.69) is 4.90 Å². The molecule has 1 unspecified atom stereocenters. The molecule has 0 amide bonds. The Morgan fingerprint density at radius 3 is 2.94 bits per heavy atom. The lowest BCUT2D eigenvalue weighted by Gasteiger charge is -2.23. The highest BCUT2D eigenvalue weighted by Crippen LogP contribution is 2.25. The van der Waals surface area contributed by atoms with Gasteiger partial charge >= 0.3 is 0 Å². The highest BCUT2D eigenvalue weighted by Gasteiger charge is 2.24. The largest absolute Gasteiger partial charge is 0.295 e. The number of benzene rings is 1. The van der Waals surface area contributed by atoms with Gasteiger partial charge < -0.3 is 0 Å². The first-order valence-corrected chi connectivity index (χ1v) is 6.36. The maximum absolute atomic E-state index is 13.6. The molecule has 0 radical (unpaired) electrons. The number of likely N-dealkylation sites (tertiary alicyclic amines) is 1. The molecule has 0 N–H and O–H groups in total. The Hall–Kier alpha value is -0.310. The Morgan fingerprint density at radius 2 is 2.25 bits per heavy atom. The van der Waals surface area contributed by atoms with Crippen LogP contribution in [0.3, 0.4) is 0 Å². The van der Waals surface area contributed by atoms with E-state index >= 15 is 0 Å². The third-order valence-electron chi connectivity index (χ3n) is 3.10. The fourth-order valence-electron chi connectivity index (χ4n) is 2.16. The molecule has 1 fully saturated rings. The Morgan fingerprint density at radius 1 is 1.44 bits per heavy atom. The van der Waals surface area contributed by atoms with Crippen LogP contribution in [0.4, 0.5) is 4.39 Å². The van der Waals surface area contributed by atoms with Crippen LogP contribution in [0.2, 0.25) is 5.02 Å². The summed E-state index contributed by atoms with van der Waals surface area (Å²) in [5, 5.41) is 0.500. The van der Waals surface area contributed by atoms with Crippen LogP contribution in [0.1, 0.15) is 18.4 Å². The van der Waals surface area contributed by atoms with Crippen LogP contribution in [0, 0.1) is 5.82 Å². The minimum Gasteiger partial charge on any atom is -0.295 e. The zero-order valence-corrected chi connectivity index (χ0v) is 10.4. The molecule has 0 bridgehead atoms. The van der Waals surface area contributed by atoms with Gasteiger partial charge in [-0.3, -0.25) is 4.90 Å². The summed E-state index contributed by atoms with van der Waals surface area (Å²) in [6, 6.07) is 5.17. The van der Waals surface area contributed by atoms with Crippen molar-refractivity contribution in [2.75, 3.05) is 12.4 Å². The predicted octanol–water partition coefficient (Wildman–Crippen LogP) is 3.68. The maximum atomic E-state index is 13.6. The van der Waals surface area contributed by atoms with Gasteiger partial charge in [0.1, 0.15) is 5.82 Å². The van der Waals surface area contributed by atoms with E-state index in [0.717, 1.165) is 19.4 Å². The van der Waals surface area contributed by atoms with Gasteiger partial charge in [0.2, 0.25) is 0 Å². The fourth-order valence-corrected chi connectivity index (χ4v) is 2.74. The second-order valence-electron chi connectivity index (χ2n) is 4.12.